The number of hydrogen-bond acceptors (Lipinski definition) is 6. The van der Waals surface area contributed by atoms with E-state index in [1.54, 1.807) is 6.07 Å². The molecule has 2 aromatic heterocycles. The lowest BCUT2D eigenvalue weighted by molar-refractivity contribution is 0.103. The average molecular weight is 281 g/mol. The number of aromatic nitrogens is 2. The van der Waals surface area contributed by atoms with Crippen molar-refractivity contribution >= 4 is 33.7 Å². The first-order valence-electron chi connectivity index (χ1n) is 5.63. The highest BCUT2D eigenvalue weighted by Gasteiger charge is 2.22. The Balaban J connectivity index is 1.68. The molecule has 1 saturated heterocycles. The summed E-state index contributed by atoms with van der Waals surface area (Å²) in [5.41, 5.74) is 0. The zero-order valence-electron chi connectivity index (χ0n) is 9.46. The highest BCUT2D eigenvalue weighted by molar-refractivity contribution is 7.15. The number of amides is 1. The van der Waals surface area contributed by atoms with Crippen molar-refractivity contribution < 1.29 is 9.53 Å². The van der Waals surface area contributed by atoms with Gasteiger partial charge in [-0.3, -0.25) is 10.1 Å². The number of rotatable bonds is 3. The zero-order chi connectivity index (χ0) is 12.4. The maximum atomic E-state index is 11.8. The van der Waals surface area contributed by atoms with Crippen molar-refractivity contribution in [2.24, 2.45) is 0 Å². The summed E-state index contributed by atoms with van der Waals surface area (Å²) < 4.78 is 5.53. The first-order chi connectivity index (χ1) is 8.83. The van der Waals surface area contributed by atoms with Gasteiger partial charge in [-0.2, -0.15) is 0 Å². The molecule has 7 heteroatoms. The average Bonchev–Trinajstić information content (AvgIpc) is 3.12. The normalized spacial score (nSPS) is 19.0. The van der Waals surface area contributed by atoms with Crippen LogP contribution in [0.15, 0.2) is 17.5 Å². The van der Waals surface area contributed by atoms with Crippen LogP contribution >= 0.6 is 22.7 Å². The van der Waals surface area contributed by atoms with Gasteiger partial charge in [0, 0.05) is 6.61 Å². The molecule has 2 aromatic rings. The fraction of sp³-hybridized carbons (Fsp3) is 0.364. The van der Waals surface area contributed by atoms with E-state index < -0.39 is 0 Å². The van der Waals surface area contributed by atoms with E-state index in [0.717, 1.165) is 24.5 Å². The molecule has 1 N–H and O–H groups in total. The minimum Gasteiger partial charge on any atom is -0.371 e. The molecule has 1 aliphatic rings. The van der Waals surface area contributed by atoms with E-state index in [1.807, 2.05) is 11.4 Å². The third-order valence-corrected chi connectivity index (χ3v) is 4.41. The van der Waals surface area contributed by atoms with Gasteiger partial charge in [-0.05, 0) is 24.3 Å². The summed E-state index contributed by atoms with van der Waals surface area (Å²) in [5.74, 6) is -0.139. The quantitative estimate of drug-likeness (QED) is 0.939. The molecule has 0 aromatic carbocycles. The topological polar surface area (TPSA) is 64.1 Å². The Morgan fingerprint density at radius 2 is 2.44 bits per heavy atom. The van der Waals surface area contributed by atoms with Crippen molar-refractivity contribution in [1.29, 1.82) is 0 Å². The SMILES string of the molecule is O=C(Nc1nnc([C@@H]2CCCO2)s1)c1cccs1. The van der Waals surface area contributed by atoms with Gasteiger partial charge < -0.3 is 4.74 Å². The van der Waals surface area contributed by atoms with Crippen LogP contribution in [-0.4, -0.2) is 22.7 Å². The number of thiophene rings is 1. The lowest BCUT2D eigenvalue weighted by Crippen LogP contribution is -2.09. The molecule has 3 rings (SSSR count). The van der Waals surface area contributed by atoms with Crippen LogP contribution in [0.1, 0.15) is 33.6 Å². The van der Waals surface area contributed by atoms with Crippen LogP contribution in [0.4, 0.5) is 5.13 Å². The monoisotopic (exact) mass is 281 g/mol. The summed E-state index contributed by atoms with van der Waals surface area (Å²) in [6.45, 7) is 0.779. The molecule has 1 fully saturated rings. The predicted octanol–water partition coefficient (Wildman–Crippen LogP) is 2.70. The van der Waals surface area contributed by atoms with Gasteiger partial charge >= 0.3 is 0 Å². The molecule has 5 nitrogen and oxygen atoms in total. The number of carbonyl (C=O) groups excluding carboxylic acids is 1. The molecule has 18 heavy (non-hydrogen) atoms. The second-order valence-corrected chi connectivity index (χ2v) is 5.84. The number of hydrogen-bond donors (Lipinski definition) is 1. The van der Waals surface area contributed by atoms with Crippen molar-refractivity contribution in [3.05, 3.63) is 27.4 Å². The summed E-state index contributed by atoms with van der Waals surface area (Å²) in [6, 6.07) is 3.62. The van der Waals surface area contributed by atoms with E-state index >= 15 is 0 Å². The Labute approximate surface area is 112 Å². The van der Waals surface area contributed by atoms with E-state index in [4.69, 9.17) is 4.74 Å². The van der Waals surface area contributed by atoms with Crippen molar-refractivity contribution in [2.75, 3.05) is 11.9 Å². The molecule has 1 atom stereocenters. The van der Waals surface area contributed by atoms with Crippen molar-refractivity contribution in [3.8, 4) is 0 Å². The molecule has 0 spiro atoms. The van der Waals surface area contributed by atoms with Crippen LogP contribution in [0.5, 0.6) is 0 Å². The van der Waals surface area contributed by atoms with Crippen molar-refractivity contribution in [3.63, 3.8) is 0 Å². The van der Waals surface area contributed by atoms with Crippen LogP contribution in [0.2, 0.25) is 0 Å². The maximum absolute atomic E-state index is 11.8. The summed E-state index contributed by atoms with van der Waals surface area (Å²) in [5, 5.41) is 14.0. The molecule has 0 bridgehead atoms. The third kappa shape index (κ3) is 2.43. The standard InChI is InChI=1S/C11H11N3O2S2/c15-9(8-4-2-6-17-8)12-11-14-13-10(18-11)7-3-1-5-16-7/h2,4,6-7H,1,3,5H2,(H,12,14,15)/t7-/m0/s1. The molecular weight excluding hydrogens is 270 g/mol. The number of anilines is 1. The van der Waals surface area contributed by atoms with E-state index in [9.17, 15) is 4.79 Å². The van der Waals surface area contributed by atoms with Gasteiger partial charge in [0.2, 0.25) is 5.13 Å². The Morgan fingerprint density at radius 1 is 1.50 bits per heavy atom. The number of ether oxygens (including phenoxy) is 1. The number of nitrogens with zero attached hydrogens (tertiary/aromatic N) is 2. The van der Waals surface area contributed by atoms with Gasteiger partial charge in [-0.1, -0.05) is 17.4 Å². The Hall–Kier alpha value is -1.31. The smallest absolute Gasteiger partial charge is 0.267 e. The van der Waals surface area contributed by atoms with Gasteiger partial charge in [-0.15, -0.1) is 21.5 Å². The molecule has 94 valence electrons. The summed E-state index contributed by atoms with van der Waals surface area (Å²) >= 11 is 2.78. The Morgan fingerprint density at radius 3 is 3.17 bits per heavy atom. The fourth-order valence-corrected chi connectivity index (χ4v) is 3.20. The maximum Gasteiger partial charge on any atom is 0.267 e. The predicted molar refractivity (Wildman–Crippen MR) is 70.1 cm³/mol. The second kappa shape index (κ2) is 5.13. The van der Waals surface area contributed by atoms with Crippen LogP contribution in [-0.2, 0) is 4.74 Å². The summed E-state index contributed by atoms with van der Waals surface area (Å²) in [7, 11) is 0. The second-order valence-electron chi connectivity index (χ2n) is 3.88. The first-order valence-corrected chi connectivity index (χ1v) is 7.32. The minimum atomic E-state index is -0.139. The fourth-order valence-electron chi connectivity index (χ4n) is 1.75. The highest BCUT2D eigenvalue weighted by Crippen LogP contribution is 2.32. The summed E-state index contributed by atoms with van der Waals surface area (Å²) in [6.07, 6.45) is 2.09. The van der Waals surface area contributed by atoms with Crippen LogP contribution < -0.4 is 5.32 Å². The van der Waals surface area contributed by atoms with Crippen molar-refractivity contribution in [2.45, 2.75) is 18.9 Å². The van der Waals surface area contributed by atoms with E-state index in [2.05, 4.69) is 15.5 Å². The summed E-state index contributed by atoms with van der Waals surface area (Å²) in [4.78, 5) is 12.5. The van der Waals surface area contributed by atoms with E-state index in [1.165, 1.54) is 22.7 Å². The Bertz CT molecular complexity index is 532. The van der Waals surface area contributed by atoms with E-state index in [0.29, 0.717) is 10.0 Å². The molecule has 0 saturated carbocycles. The van der Waals surface area contributed by atoms with Crippen LogP contribution in [0, 0.1) is 0 Å². The molecule has 0 aliphatic carbocycles. The zero-order valence-corrected chi connectivity index (χ0v) is 11.1. The molecule has 0 radical (unpaired) electrons. The van der Waals surface area contributed by atoms with Crippen LogP contribution in [0.3, 0.4) is 0 Å². The van der Waals surface area contributed by atoms with Crippen LogP contribution in [0.25, 0.3) is 0 Å². The van der Waals surface area contributed by atoms with Gasteiger partial charge in [0.1, 0.15) is 11.1 Å². The van der Waals surface area contributed by atoms with Crippen molar-refractivity contribution in [1.82, 2.24) is 10.2 Å². The van der Waals surface area contributed by atoms with Gasteiger partial charge in [-0.25, -0.2) is 0 Å². The first kappa shape index (κ1) is 11.8. The highest BCUT2D eigenvalue weighted by atomic mass is 32.1. The Kier molecular flexibility index (Phi) is 3.35. The largest absolute Gasteiger partial charge is 0.371 e. The minimum absolute atomic E-state index is 0.0508. The number of carbonyl (C=O) groups is 1. The van der Waals surface area contributed by atoms with Gasteiger partial charge in [0.15, 0.2) is 0 Å². The lowest BCUT2D eigenvalue weighted by atomic mass is 10.2. The van der Waals surface area contributed by atoms with Gasteiger partial charge in [0.25, 0.3) is 5.91 Å². The molecule has 0 unspecified atom stereocenters. The molecule has 1 amide bonds. The van der Waals surface area contributed by atoms with E-state index in [-0.39, 0.29) is 12.0 Å². The lowest BCUT2D eigenvalue weighted by Gasteiger charge is -2.02. The number of nitrogens with one attached hydrogen (secondary N) is 1. The molecule has 3 heterocycles. The molecular formula is C11H11N3O2S2. The molecule has 1 aliphatic heterocycles. The third-order valence-electron chi connectivity index (χ3n) is 2.61. The van der Waals surface area contributed by atoms with Gasteiger partial charge in [0.05, 0.1) is 4.88 Å².